The van der Waals surface area contributed by atoms with Crippen LogP contribution in [0.4, 0.5) is 5.95 Å². The van der Waals surface area contributed by atoms with Crippen LogP contribution in [0.3, 0.4) is 0 Å². The van der Waals surface area contributed by atoms with Crippen molar-refractivity contribution in [1.29, 1.82) is 0 Å². The molecule has 13 heteroatoms. The molecule has 0 unspecified atom stereocenters. The van der Waals surface area contributed by atoms with E-state index in [4.69, 9.17) is 19.9 Å². The molecule has 2 aromatic heterocycles. The molecule has 1 aliphatic rings. The summed E-state index contributed by atoms with van der Waals surface area (Å²) in [6.45, 7) is 2.13. The molecule has 150 valence electrons. The van der Waals surface area contributed by atoms with Crippen molar-refractivity contribution < 1.29 is 22.6 Å². The molecule has 0 aliphatic carbocycles. The van der Waals surface area contributed by atoms with Gasteiger partial charge < -0.3 is 19.9 Å². The molecule has 3 rings (SSSR count). The minimum Gasteiger partial charge on any atom is -0.374 e. The zero-order chi connectivity index (χ0) is 19.8. The Balaban J connectivity index is 2.03. The lowest BCUT2D eigenvalue weighted by Gasteiger charge is -2.23. The van der Waals surface area contributed by atoms with E-state index in [2.05, 4.69) is 19.7 Å². The van der Waals surface area contributed by atoms with Crippen LogP contribution < -0.4 is 16.0 Å². The molecule has 0 aromatic carbocycles. The molecule has 0 amide bonds. The van der Waals surface area contributed by atoms with Crippen molar-refractivity contribution in [1.82, 2.24) is 24.2 Å². The van der Waals surface area contributed by atoms with Crippen LogP contribution in [0.1, 0.15) is 13.2 Å². The van der Waals surface area contributed by atoms with Gasteiger partial charge in [0.15, 0.2) is 17.4 Å². The number of methoxy groups -OCH3 is 1. The lowest BCUT2D eigenvalue weighted by Crippen LogP contribution is -2.40. The number of aromatic nitrogens is 4. The van der Waals surface area contributed by atoms with Crippen molar-refractivity contribution in [2.24, 2.45) is 0 Å². The monoisotopic (exact) mass is 402 g/mol. The smallest absolute Gasteiger partial charge is 0.280 e. The number of nitrogens with zero attached hydrogens (tertiary/aromatic N) is 3. The second-order valence-corrected chi connectivity index (χ2v) is 7.92. The van der Waals surface area contributed by atoms with Crippen molar-refractivity contribution >= 4 is 27.1 Å². The predicted octanol–water partition coefficient (Wildman–Crippen LogP) is -1.43. The first-order valence-electron chi connectivity index (χ1n) is 8.24. The van der Waals surface area contributed by atoms with E-state index in [1.807, 2.05) is 0 Å². The van der Waals surface area contributed by atoms with E-state index in [0.29, 0.717) is 6.61 Å². The Kier molecular flexibility index (Phi) is 5.48. The Bertz CT molecular complexity index is 972. The van der Waals surface area contributed by atoms with Gasteiger partial charge in [-0.1, -0.05) is 0 Å². The van der Waals surface area contributed by atoms with Crippen LogP contribution in [0, 0.1) is 0 Å². The molecule has 3 heterocycles. The zero-order valence-corrected chi connectivity index (χ0v) is 15.9. The minimum absolute atomic E-state index is 0.0723. The van der Waals surface area contributed by atoms with Gasteiger partial charge in [-0.3, -0.25) is 14.3 Å². The number of anilines is 1. The average Bonchev–Trinajstić information content (AvgIpc) is 3.16. The Morgan fingerprint density at radius 3 is 2.81 bits per heavy atom. The highest BCUT2D eigenvalue weighted by atomic mass is 32.2. The number of H-pyrrole nitrogens is 1. The predicted molar refractivity (Wildman–Crippen MR) is 95.5 cm³/mol. The van der Waals surface area contributed by atoms with Crippen molar-refractivity contribution in [3.63, 3.8) is 0 Å². The number of hydrogen-bond donors (Lipinski definition) is 3. The summed E-state index contributed by atoms with van der Waals surface area (Å²) in [6.07, 6.45) is -1.52. The van der Waals surface area contributed by atoms with Gasteiger partial charge in [0.1, 0.15) is 18.3 Å². The fraction of sp³-hybridized carbons (Fsp3) is 0.643. The number of sulfonamides is 1. The number of nitrogens with one attached hydrogen (secondary N) is 2. The van der Waals surface area contributed by atoms with Gasteiger partial charge in [0.2, 0.25) is 16.0 Å². The van der Waals surface area contributed by atoms with E-state index in [1.165, 1.54) is 25.1 Å². The fourth-order valence-corrected chi connectivity index (χ4v) is 4.01. The van der Waals surface area contributed by atoms with Gasteiger partial charge >= 0.3 is 0 Å². The van der Waals surface area contributed by atoms with Crippen molar-refractivity contribution in [2.75, 3.05) is 32.3 Å². The second kappa shape index (κ2) is 7.52. The highest BCUT2D eigenvalue weighted by Crippen LogP contribution is 2.35. The molecule has 0 bridgehead atoms. The molecular formula is C14H22N6O6S. The molecule has 1 saturated heterocycles. The third-order valence-corrected chi connectivity index (χ3v) is 5.73. The zero-order valence-electron chi connectivity index (χ0n) is 15.1. The van der Waals surface area contributed by atoms with Crippen molar-refractivity contribution in [3.8, 4) is 0 Å². The maximum absolute atomic E-state index is 12.0. The van der Waals surface area contributed by atoms with Crippen LogP contribution in [0.2, 0.25) is 0 Å². The van der Waals surface area contributed by atoms with Crippen LogP contribution >= 0.6 is 0 Å². The Morgan fingerprint density at radius 2 is 2.19 bits per heavy atom. The number of imidazole rings is 1. The lowest BCUT2D eigenvalue weighted by atomic mass is 10.1. The van der Waals surface area contributed by atoms with Crippen LogP contribution in [-0.4, -0.2) is 72.8 Å². The van der Waals surface area contributed by atoms with Gasteiger partial charge in [-0.2, -0.15) is 4.98 Å². The lowest BCUT2D eigenvalue weighted by molar-refractivity contribution is -0.0565. The van der Waals surface area contributed by atoms with Gasteiger partial charge in [-0.05, 0) is 14.0 Å². The summed E-state index contributed by atoms with van der Waals surface area (Å²) in [5, 5.41) is 0. The maximum Gasteiger partial charge on any atom is 0.280 e. The first kappa shape index (κ1) is 19.7. The summed E-state index contributed by atoms with van der Waals surface area (Å²) < 4.78 is 45.0. The molecule has 4 N–H and O–H groups in total. The normalized spacial score (nSPS) is 26.0. The van der Waals surface area contributed by atoms with E-state index < -0.39 is 40.1 Å². The van der Waals surface area contributed by atoms with Crippen molar-refractivity contribution in [3.05, 3.63) is 16.7 Å². The van der Waals surface area contributed by atoms with E-state index in [0.717, 1.165) is 0 Å². The number of nitrogen functional groups attached to an aromatic ring is 1. The first-order valence-corrected chi connectivity index (χ1v) is 9.90. The van der Waals surface area contributed by atoms with Gasteiger partial charge in [0.25, 0.3) is 5.56 Å². The topological polar surface area (TPSA) is 163 Å². The Morgan fingerprint density at radius 1 is 1.44 bits per heavy atom. The Hall–Kier alpha value is -2.06. The SMILES string of the molecule is CCO[C@H]1[C@@H](OC)[C@H](n2cnc3c(=O)[nH]c(N)nc32)O[C@@H]1CS(=O)(=O)NC. The molecule has 4 atom stereocenters. The molecule has 0 saturated carbocycles. The maximum atomic E-state index is 12.0. The Labute approximate surface area is 155 Å². The number of rotatable bonds is 7. The van der Waals surface area contributed by atoms with Crippen molar-refractivity contribution in [2.45, 2.75) is 31.5 Å². The molecule has 27 heavy (non-hydrogen) atoms. The van der Waals surface area contributed by atoms with Gasteiger partial charge in [0.05, 0.1) is 12.1 Å². The fourth-order valence-electron chi connectivity index (χ4n) is 3.14. The highest BCUT2D eigenvalue weighted by Gasteiger charge is 2.48. The van der Waals surface area contributed by atoms with Gasteiger partial charge in [-0.25, -0.2) is 18.1 Å². The van der Waals surface area contributed by atoms with Crippen LogP contribution in [0.25, 0.3) is 11.2 Å². The second-order valence-electron chi connectivity index (χ2n) is 5.95. The quantitative estimate of drug-likeness (QED) is 0.503. The molecule has 1 fully saturated rings. The van der Waals surface area contributed by atoms with Crippen LogP contribution in [0.5, 0.6) is 0 Å². The summed E-state index contributed by atoms with van der Waals surface area (Å²) in [6, 6.07) is 0. The summed E-state index contributed by atoms with van der Waals surface area (Å²) in [5.74, 6) is -0.385. The third kappa shape index (κ3) is 3.68. The minimum atomic E-state index is -3.56. The van der Waals surface area contributed by atoms with Crippen LogP contribution in [0.15, 0.2) is 11.1 Å². The molecule has 2 aromatic rings. The number of aromatic amines is 1. The molecule has 1 aliphatic heterocycles. The van der Waals surface area contributed by atoms with Crippen LogP contribution in [-0.2, 0) is 24.2 Å². The van der Waals surface area contributed by atoms with E-state index in [9.17, 15) is 13.2 Å². The average molecular weight is 402 g/mol. The summed E-state index contributed by atoms with van der Waals surface area (Å²) in [5.41, 5.74) is 5.43. The standard InChI is InChI=1S/C14H22N6O6S/c1-4-25-9-7(5-27(22,23)16-2)26-13(10(9)24-3)20-6-17-8-11(20)18-14(15)19-12(8)21/h6-7,9-10,13,16H,4-5H2,1-3H3,(H3,15,18,19,21)/t7-,9-,10-,13-/m1/s1. The molecule has 0 radical (unpaired) electrons. The highest BCUT2D eigenvalue weighted by molar-refractivity contribution is 7.89. The largest absolute Gasteiger partial charge is 0.374 e. The van der Waals surface area contributed by atoms with Gasteiger partial charge in [-0.15, -0.1) is 0 Å². The third-order valence-electron chi connectivity index (χ3n) is 4.34. The summed E-state index contributed by atoms with van der Waals surface area (Å²) >= 11 is 0. The number of nitrogens with two attached hydrogens (primary N) is 1. The van der Waals surface area contributed by atoms with E-state index >= 15 is 0 Å². The molecule has 12 nitrogen and oxygen atoms in total. The summed E-state index contributed by atoms with van der Waals surface area (Å²) in [4.78, 5) is 22.5. The van der Waals surface area contributed by atoms with E-state index in [1.54, 1.807) is 6.92 Å². The van der Waals surface area contributed by atoms with Gasteiger partial charge in [0, 0.05) is 13.7 Å². The van der Waals surface area contributed by atoms with E-state index in [-0.39, 0.29) is 22.9 Å². The summed E-state index contributed by atoms with van der Waals surface area (Å²) in [7, 11) is -0.765. The number of hydrogen-bond acceptors (Lipinski definition) is 9. The molecular weight excluding hydrogens is 380 g/mol. The first-order chi connectivity index (χ1) is 12.8. The molecule has 0 spiro atoms. The number of ether oxygens (including phenoxy) is 3. The number of fused-ring (bicyclic) bond motifs is 1.